The van der Waals surface area contributed by atoms with Crippen LogP contribution in [0.1, 0.15) is 25.0 Å². The Kier molecular flexibility index (Phi) is 4.95. The number of likely N-dealkylation sites (N-methyl/N-ethyl adjacent to an activating group) is 1. The minimum Gasteiger partial charge on any atom is -0.358 e. The van der Waals surface area contributed by atoms with Gasteiger partial charge < -0.3 is 10.3 Å². The van der Waals surface area contributed by atoms with E-state index in [1.165, 1.54) is 10.6 Å². The first kappa shape index (κ1) is 15.5. The molecule has 0 saturated carbocycles. The number of hydrogen-bond donors (Lipinski definition) is 2. The Hall–Kier alpha value is -1.89. The van der Waals surface area contributed by atoms with Crippen molar-refractivity contribution in [2.75, 3.05) is 20.1 Å². The van der Waals surface area contributed by atoms with E-state index >= 15 is 0 Å². The van der Waals surface area contributed by atoms with Gasteiger partial charge in [0.15, 0.2) is 0 Å². The number of carbonyl (C=O) groups is 1. The first-order chi connectivity index (χ1) is 10.0. The van der Waals surface area contributed by atoms with Gasteiger partial charge in [0.05, 0.1) is 6.04 Å². The number of likely N-dealkylation sites (tertiary alicyclic amines) is 1. The lowest BCUT2D eigenvalue weighted by Gasteiger charge is -2.34. The molecule has 0 aromatic carbocycles. The van der Waals surface area contributed by atoms with Crippen LogP contribution in [0, 0.1) is 6.92 Å². The number of piperidine rings is 1. The molecule has 1 saturated heterocycles. The van der Waals surface area contributed by atoms with Crippen molar-refractivity contribution in [3.63, 3.8) is 0 Å². The smallest absolute Gasteiger partial charge is 0.328 e. The second kappa shape index (κ2) is 6.71. The van der Waals surface area contributed by atoms with Crippen molar-refractivity contribution < 1.29 is 4.79 Å². The van der Waals surface area contributed by atoms with E-state index in [-0.39, 0.29) is 17.5 Å². The van der Waals surface area contributed by atoms with Crippen molar-refractivity contribution in [2.24, 2.45) is 0 Å². The molecule has 7 heteroatoms. The maximum Gasteiger partial charge on any atom is 0.328 e. The Morgan fingerprint density at radius 1 is 1.38 bits per heavy atom. The summed E-state index contributed by atoms with van der Waals surface area (Å²) < 4.78 is 1.18. The minimum absolute atomic E-state index is 0.000127. The molecule has 1 aromatic rings. The van der Waals surface area contributed by atoms with E-state index in [9.17, 15) is 14.4 Å². The third-order valence-electron chi connectivity index (χ3n) is 3.93. The Labute approximate surface area is 123 Å². The van der Waals surface area contributed by atoms with Gasteiger partial charge in [-0.3, -0.25) is 19.1 Å². The molecule has 1 aliphatic rings. The largest absolute Gasteiger partial charge is 0.358 e. The molecule has 21 heavy (non-hydrogen) atoms. The molecule has 116 valence electrons. The van der Waals surface area contributed by atoms with Crippen LogP contribution in [0.4, 0.5) is 0 Å². The lowest BCUT2D eigenvalue weighted by atomic mass is 10.0. The lowest BCUT2D eigenvalue weighted by molar-refractivity contribution is -0.127. The Morgan fingerprint density at radius 2 is 2.14 bits per heavy atom. The van der Waals surface area contributed by atoms with Gasteiger partial charge in [0.1, 0.15) is 0 Å². The number of aromatic nitrogens is 2. The summed E-state index contributed by atoms with van der Waals surface area (Å²) in [5, 5.41) is 2.68. The standard InChI is InChI=1S/C14H22N4O3/c1-10-9-12(19)18(14(21)16-10)8-7-17-6-4-3-5-11(17)13(20)15-2/h9,11H,3-8H2,1-2H3,(H,15,20)(H,16,21)/t11-/m0/s1. The monoisotopic (exact) mass is 294 g/mol. The highest BCUT2D eigenvalue weighted by Crippen LogP contribution is 2.16. The van der Waals surface area contributed by atoms with Crippen molar-refractivity contribution in [2.45, 2.75) is 38.8 Å². The third-order valence-corrected chi connectivity index (χ3v) is 3.93. The van der Waals surface area contributed by atoms with Crippen LogP contribution in [0.15, 0.2) is 15.7 Å². The van der Waals surface area contributed by atoms with Crippen LogP contribution < -0.4 is 16.6 Å². The van der Waals surface area contributed by atoms with Gasteiger partial charge in [-0.15, -0.1) is 0 Å². The molecule has 1 aliphatic heterocycles. The van der Waals surface area contributed by atoms with Crippen LogP contribution in [-0.2, 0) is 11.3 Å². The number of carbonyl (C=O) groups excluding carboxylic acids is 1. The number of amides is 1. The zero-order valence-electron chi connectivity index (χ0n) is 12.5. The fraction of sp³-hybridized carbons (Fsp3) is 0.643. The van der Waals surface area contributed by atoms with Crippen molar-refractivity contribution in [1.29, 1.82) is 0 Å². The lowest BCUT2D eigenvalue weighted by Crippen LogP contribution is -2.50. The summed E-state index contributed by atoms with van der Waals surface area (Å²) in [6, 6.07) is 1.25. The zero-order valence-corrected chi connectivity index (χ0v) is 12.5. The van der Waals surface area contributed by atoms with Gasteiger partial charge in [-0.25, -0.2) is 4.79 Å². The first-order valence-electron chi connectivity index (χ1n) is 7.29. The molecule has 2 rings (SSSR count). The van der Waals surface area contributed by atoms with Crippen LogP contribution >= 0.6 is 0 Å². The van der Waals surface area contributed by atoms with Crippen LogP contribution in [0.25, 0.3) is 0 Å². The number of hydrogen-bond acceptors (Lipinski definition) is 4. The molecular weight excluding hydrogens is 272 g/mol. The number of nitrogens with one attached hydrogen (secondary N) is 2. The van der Waals surface area contributed by atoms with Crippen LogP contribution in [-0.4, -0.2) is 46.5 Å². The number of aromatic amines is 1. The maximum atomic E-state index is 11.9. The van der Waals surface area contributed by atoms with Gasteiger partial charge in [-0.2, -0.15) is 0 Å². The Bertz CT molecular complexity index is 588. The highest BCUT2D eigenvalue weighted by molar-refractivity contribution is 5.81. The molecule has 0 unspecified atom stereocenters. The van der Waals surface area contributed by atoms with Crippen LogP contribution in [0.5, 0.6) is 0 Å². The molecule has 1 aromatic heterocycles. The molecule has 0 aliphatic carbocycles. The summed E-state index contributed by atoms with van der Waals surface area (Å²) in [5.41, 5.74) is -0.138. The normalized spacial score (nSPS) is 19.4. The quantitative estimate of drug-likeness (QED) is 0.780. The molecule has 2 heterocycles. The highest BCUT2D eigenvalue weighted by Gasteiger charge is 2.27. The van der Waals surface area contributed by atoms with E-state index < -0.39 is 5.69 Å². The molecule has 1 fully saturated rings. The maximum absolute atomic E-state index is 11.9. The minimum atomic E-state index is -0.395. The van der Waals surface area contributed by atoms with Gasteiger partial charge in [-0.1, -0.05) is 6.42 Å². The first-order valence-corrected chi connectivity index (χ1v) is 7.29. The SMILES string of the molecule is CNC(=O)[C@@H]1CCCCN1CCn1c(=O)cc(C)[nH]c1=O. The van der Waals surface area contributed by atoms with Gasteiger partial charge in [0.25, 0.3) is 5.56 Å². The van der Waals surface area contributed by atoms with E-state index in [4.69, 9.17) is 0 Å². The molecule has 0 radical (unpaired) electrons. The summed E-state index contributed by atoms with van der Waals surface area (Å²) in [5.74, 6) is -0.000127. The average molecular weight is 294 g/mol. The average Bonchev–Trinajstić information content (AvgIpc) is 2.45. The summed E-state index contributed by atoms with van der Waals surface area (Å²) in [6.45, 7) is 3.31. The van der Waals surface area contributed by atoms with E-state index in [1.807, 2.05) is 4.90 Å². The molecule has 7 nitrogen and oxygen atoms in total. The van der Waals surface area contributed by atoms with Crippen molar-refractivity contribution in [3.05, 3.63) is 32.6 Å². The fourth-order valence-corrected chi connectivity index (χ4v) is 2.80. The predicted octanol–water partition coefficient (Wildman–Crippen LogP) is -0.554. The van der Waals surface area contributed by atoms with Crippen molar-refractivity contribution >= 4 is 5.91 Å². The van der Waals surface area contributed by atoms with Crippen molar-refractivity contribution in [3.8, 4) is 0 Å². The van der Waals surface area contributed by atoms with Gasteiger partial charge in [0.2, 0.25) is 5.91 Å². The highest BCUT2D eigenvalue weighted by atomic mass is 16.2. The predicted molar refractivity (Wildman–Crippen MR) is 79.3 cm³/mol. The molecule has 0 bridgehead atoms. The molecular formula is C14H22N4O3. The third kappa shape index (κ3) is 3.60. The van der Waals surface area contributed by atoms with Gasteiger partial charge in [0, 0.05) is 31.9 Å². The summed E-state index contributed by atoms with van der Waals surface area (Å²) in [7, 11) is 1.63. The Morgan fingerprint density at radius 3 is 2.81 bits per heavy atom. The van der Waals surface area contributed by atoms with E-state index in [0.29, 0.717) is 18.8 Å². The zero-order chi connectivity index (χ0) is 15.4. The van der Waals surface area contributed by atoms with E-state index in [2.05, 4.69) is 10.3 Å². The molecule has 0 spiro atoms. The number of nitrogens with zero attached hydrogens (tertiary/aromatic N) is 2. The number of rotatable bonds is 4. The van der Waals surface area contributed by atoms with Crippen LogP contribution in [0.2, 0.25) is 0 Å². The molecule has 1 amide bonds. The summed E-state index contributed by atoms with van der Waals surface area (Å²) >= 11 is 0. The van der Waals surface area contributed by atoms with Gasteiger partial charge >= 0.3 is 5.69 Å². The fourth-order valence-electron chi connectivity index (χ4n) is 2.80. The second-order valence-corrected chi connectivity index (χ2v) is 5.41. The van der Waals surface area contributed by atoms with Crippen molar-refractivity contribution in [1.82, 2.24) is 19.8 Å². The molecule has 1 atom stereocenters. The second-order valence-electron chi connectivity index (χ2n) is 5.41. The van der Waals surface area contributed by atoms with Crippen LogP contribution in [0.3, 0.4) is 0 Å². The Balaban J connectivity index is 2.09. The summed E-state index contributed by atoms with van der Waals surface area (Å²) in [4.78, 5) is 40.2. The summed E-state index contributed by atoms with van der Waals surface area (Å²) in [6.07, 6.45) is 2.88. The molecule has 2 N–H and O–H groups in total. The number of aryl methyl sites for hydroxylation is 1. The van der Waals surface area contributed by atoms with E-state index in [1.54, 1.807) is 14.0 Å². The number of H-pyrrole nitrogens is 1. The topological polar surface area (TPSA) is 87.2 Å². The van der Waals surface area contributed by atoms with Gasteiger partial charge in [-0.05, 0) is 26.3 Å². The van der Waals surface area contributed by atoms with E-state index in [0.717, 1.165) is 25.8 Å².